The van der Waals surface area contributed by atoms with Gasteiger partial charge in [-0.3, -0.25) is 0 Å². The summed E-state index contributed by atoms with van der Waals surface area (Å²) < 4.78 is 5.59. The third-order valence-corrected chi connectivity index (χ3v) is 3.43. The lowest BCUT2D eigenvalue weighted by Crippen LogP contribution is -2.00. The van der Waals surface area contributed by atoms with Gasteiger partial charge >= 0.3 is 0 Å². The van der Waals surface area contributed by atoms with Crippen LogP contribution in [0.4, 0.5) is 5.82 Å². The fourth-order valence-electron chi connectivity index (χ4n) is 1.44. The molecule has 0 saturated carbocycles. The lowest BCUT2D eigenvalue weighted by molar-refractivity contribution is 0.124. The molecule has 0 amide bonds. The Morgan fingerprint density at radius 3 is 2.88 bits per heavy atom. The lowest BCUT2D eigenvalue weighted by atomic mass is 10.3. The first-order valence-corrected chi connectivity index (χ1v) is 6.31. The van der Waals surface area contributed by atoms with Gasteiger partial charge in [-0.25, -0.2) is 9.97 Å². The van der Waals surface area contributed by atoms with Crippen molar-refractivity contribution < 1.29 is 4.74 Å². The van der Waals surface area contributed by atoms with Crippen LogP contribution in [0.25, 0.3) is 0 Å². The van der Waals surface area contributed by atoms with E-state index in [1.54, 1.807) is 23.6 Å². The van der Waals surface area contributed by atoms with Gasteiger partial charge in [0.1, 0.15) is 5.82 Å². The molecule has 2 aromatic rings. The molecule has 0 fully saturated rings. The Morgan fingerprint density at radius 2 is 2.24 bits per heavy atom. The van der Waals surface area contributed by atoms with Gasteiger partial charge in [-0.1, -0.05) is 6.07 Å². The van der Waals surface area contributed by atoms with Crippen molar-refractivity contribution in [3.63, 3.8) is 0 Å². The molecule has 0 aliphatic carbocycles. The van der Waals surface area contributed by atoms with Crippen molar-refractivity contribution in [2.24, 2.45) is 0 Å². The van der Waals surface area contributed by atoms with Crippen LogP contribution in [-0.4, -0.2) is 16.6 Å². The fourth-order valence-corrected chi connectivity index (χ4v) is 2.20. The van der Waals surface area contributed by atoms with Crippen LogP contribution >= 0.6 is 11.3 Å². The highest BCUT2D eigenvalue weighted by Crippen LogP contribution is 2.13. The van der Waals surface area contributed by atoms with Gasteiger partial charge in [0, 0.05) is 17.5 Å². The zero-order valence-corrected chi connectivity index (χ0v) is 10.5. The van der Waals surface area contributed by atoms with Gasteiger partial charge in [0.05, 0.1) is 24.4 Å². The standard InChI is InChI=1S/C12H15N3OS/c1-9-11(17-8-15-9)4-5-16-7-10-2-3-12(13)14-6-10/h2-3,6,8H,4-5,7H2,1H3,(H2,13,14). The first kappa shape index (κ1) is 12.0. The van der Waals surface area contributed by atoms with Crippen LogP contribution in [0.5, 0.6) is 0 Å². The number of rotatable bonds is 5. The molecular formula is C12H15N3OS. The fraction of sp³-hybridized carbons (Fsp3) is 0.333. The van der Waals surface area contributed by atoms with Crippen LogP contribution < -0.4 is 5.73 Å². The van der Waals surface area contributed by atoms with E-state index in [0.717, 1.165) is 17.7 Å². The molecule has 2 rings (SSSR count). The van der Waals surface area contributed by atoms with Gasteiger partial charge in [-0.15, -0.1) is 11.3 Å². The van der Waals surface area contributed by atoms with E-state index in [2.05, 4.69) is 9.97 Å². The van der Waals surface area contributed by atoms with E-state index in [0.29, 0.717) is 19.0 Å². The summed E-state index contributed by atoms with van der Waals surface area (Å²) in [4.78, 5) is 9.51. The molecule has 0 aliphatic rings. The summed E-state index contributed by atoms with van der Waals surface area (Å²) in [6, 6.07) is 3.71. The number of nitrogens with two attached hydrogens (primary N) is 1. The molecule has 0 atom stereocenters. The van der Waals surface area contributed by atoms with E-state index in [9.17, 15) is 0 Å². The van der Waals surface area contributed by atoms with Crippen molar-refractivity contribution in [1.29, 1.82) is 0 Å². The van der Waals surface area contributed by atoms with Gasteiger partial charge in [0.15, 0.2) is 0 Å². The molecule has 17 heavy (non-hydrogen) atoms. The number of nitrogen functional groups attached to an aromatic ring is 1. The number of aromatic nitrogens is 2. The zero-order chi connectivity index (χ0) is 12.1. The number of nitrogens with zero attached hydrogens (tertiary/aromatic N) is 2. The predicted octanol–water partition coefficient (Wildman–Crippen LogP) is 2.19. The first-order chi connectivity index (χ1) is 8.25. The second-order valence-corrected chi connectivity index (χ2v) is 4.69. The van der Waals surface area contributed by atoms with Gasteiger partial charge in [0.25, 0.3) is 0 Å². The van der Waals surface area contributed by atoms with Crippen LogP contribution in [0.2, 0.25) is 0 Å². The summed E-state index contributed by atoms with van der Waals surface area (Å²) >= 11 is 1.68. The third-order valence-electron chi connectivity index (χ3n) is 2.43. The second-order valence-electron chi connectivity index (χ2n) is 3.75. The molecule has 2 N–H and O–H groups in total. The molecule has 5 heteroatoms. The van der Waals surface area contributed by atoms with Gasteiger partial charge in [-0.2, -0.15) is 0 Å². The van der Waals surface area contributed by atoms with Crippen molar-refractivity contribution in [2.75, 3.05) is 12.3 Å². The highest BCUT2D eigenvalue weighted by molar-refractivity contribution is 7.09. The Bertz CT molecular complexity index is 467. The summed E-state index contributed by atoms with van der Waals surface area (Å²) in [5, 5.41) is 0. The van der Waals surface area contributed by atoms with E-state index >= 15 is 0 Å². The molecule has 0 bridgehead atoms. The number of anilines is 1. The quantitative estimate of drug-likeness (QED) is 0.825. The summed E-state index contributed by atoms with van der Waals surface area (Å²) in [5.41, 5.74) is 9.52. The molecule has 90 valence electrons. The number of hydrogen-bond donors (Lipinski definition) is 1. The lowest BCUT2D eigenvalue weighted by Gasteiger charge is -2.03. The number of thiazole rings is 1. The number of pyridine rings is 1. The number of aryl methyl sites for hydroxylation is 1. The molecule has 0 saturated heterocycles. The van der Waals surface area contributed by atoms with E-state index in [1.165, 1.54) is 4.88 Å². The minimum Gasteiger partial charge on any atom is -0.384 e. The molecule has 0 aromatic carbocycles. The molecular weight excluding hydrogens is 234 g/mol. The minimum atomic E-state index is 0.536. The molecule has 0 aliphatic heterocycles. The van der Waals surface area contributed by atoms with E-state index in [1.807, 2.05) is 18.5 Å². The van der Waals surface area contributed by atoms with Gasteiger partial charge in [0.2, 0.25) is 0 Å². The Balaban J connectivity index is 1.73. The highest BCUT2D eigenvalue weighted by atomic mass is 32.1. The van der Waals surface area contributed by atoms with Crippen LogP contribution in [0.15, 0.2) is 23.8 Å². The number of hydrogen-bond acceptors (Lipinski definition) is 5. The van der Waals surface area contributed by atoms with Crippen molar-refractivity contribution in [3.05, 3.63) is 40.0 Å². The summed E-state index contributed by atoms with van der Waals surface area (Å²) in [6.07, 6.45) is 2.66. The molecule has 2 aromatic heterocycles. The third kappa shape index (κ3) is 3.51. The monoisotopic (exact) mass is 249 g/mol. The maximum atomic E-state index is 5.59. The normalized spacial score (nSPS) is 10.6. The van der Waals surface area contributed by atoms with E-state index in [4.69, 9.17) is 10.5 Å². The van der Waals surface area contributed by atoms with Gasteiger partial charge in [-0.05, 0) is 18.6 Å². The second kappa shape index (κ2) is 5.75. The topological polar surface area (TPSA) is 61.0 Å². The van der Waals surface area contributed by atoms with Crippen molar-refractivity contribution >= 4 is 17.2 Å². The SMILES string of the molecule is Cc1ncsc1CCOCc1ccc(N)nc1. The Morgan fingerprint density at radius 1 is 1.35 bits per heavy atom. The van der Waals surface area contributed by atoms with E-state index in [-0.39, 0.29) is 0 Å². The minimum absolute atomic E-state index is 0.536. The zero-order valence-electron chi connectivity index (χ0n) is 9.72. The van der Waals surface area contributed by atoms with Crippen molar-refractivity contribution in [1.82, 2.24) is 9.97 Å². The van der Waals surface area contributed by atoms with Crippen LogP contribution in [0.1, 0.15) is 16.1 Å². The average molecular weight is 249 g/mol. The van der Waals surface area contributed by atoms with Crippen molar-refractivity contribution in [2.45, 2.75) is 20.0 Å². The van der Waals surface area contributed by atoms with Crippen LogP contribution in [0, 0.1) is 6.92 Å². The molecule has 4 nitrogen and oxygen atoms in total. The number of ether oxygens (including phenoxy) is 1. The smallest absolute Gasteiger partial charge is 0.123 e. The molecule has 0 unspecified atom stereocenters. The summed E-state index contributed by atoms with van der Waals surface area (Å²) in [6.45, 7) is 3.30. The average Bonchev–Trinajstić information content (AvgIpc) is 2.73. The summed E-state index contributed by atoms with van der Waals surface area (Å²) in [7, 11) is 0. The van der Waals surface area contributed by atoms with Crippen LogP contribution in [0.3, 0.4) is 0 Å². The molecule has 0 spiro atoms. The van der Waals surface area contributed by atoms with Gasteiger partial charge < -0.3 is 10.5 Å². The van der Waals surface area contributed by atoms with Crippen LogP contribution in [-0.2, 0) is 17.8 Å². The Kier molecular flexibility index (Phi) is 4.06. The highest BCUT2D eigenvalue weighted by Gasteiger charge is 2.01. The summed E-state index contributed by atoms with van der Waals surface area (Å²) in [5.74, 6) is 0.536. The first-order valence-electron chi connectivity index (χ1n) is 5.43. The van der Waals surface area contributed by atoms with Crippen molar-refractivity contribution in [3.8, 4) is 0 Å². The Hall–Kier alpha value is -1.46. The maximum absolute atomic E-state index is 5.59. The largest absolute Gasteiger partial charge is 0.384 e. The van der Waals surface area contributed by atoms with E-state index < -0.39 is 0 Å². The Labute approximate surface area is 104 Å². The predicted molar refractivity (Wildman–Crippen MR) is 68.9 cm³/mol. The molecule has 0 radical (unpaired) electrons. The maximum Gasteiger partial charge on any atom is 0.123 e. The molecule has 2 heterocycles.